The predicted molar refractivity (Wildman–Crippen MR) is 76.0 cm³/mol. The van der Waals surface area contributed by atoms with Crippen molar-refractivity contribution < 1.29 is 4.79 Å². The first-order valence-electron chi connectivity index (χ1n) is 6.50. The molecule has 0 aromatic heterocycles. The van der Waals surface area contributed by atoms with Gasteiger partial charge in [0, 0.05) is 18.7 Å². The molecule has 0 radical (unpaired) electrons. The zero-order valence-corrected chi connectivity index (χ0v) is 10.9. The van der Waals surface area contributed by atoms with Crippen LogP contribution in [0.3, 0.4) is 0 Å². The number of hydrogen-bond donors (Lipinski definition) is 2. The summed E-state index contributed by atoms with van der Waals surface area (Å²) in [5.41, 5.74) is 6.65. The van der Waals surface area contributed by atoms with Gasteiger partial charge in [-0.3, -0.25) is 4.79 Å². The van der Waals surface area contributed by atoms with Crippen LogP contribution in [0.2, 0.25) is 0 Å². The number of hydrogen-bond acceptors (Lipinski definition) is 2. The molecule has 1 aromatic carbocycles. The molecule has 0 saturated carbocycles. The fourth-order valence-electron chi connectivity index (χ4n) is 1.68. The van der Waals surface area contributed by atoms with E-state index in [0.717, 1.165) is 24.8 Å². The minimum Gasteiger partial charge on any atom is -0.349 e. The highest BCUT2D eigenvalue weighted by molar-refractivity contribution is 5.91. The van der Waals surface area contributed by atoms with E-state index in [1.54, 1.807) is 6.08 Å². The van der Waals surface area contributed by atoms with E-state index in [9.17, 15) is 4.79 Å². The summed E-state index contributed by atoms with van der Waals surface area (Å²) in [5, 5.41) is 2.92. The second kappa shape index (κ2) is 8.48. The average molecular weight is 246 g/mol. The Balaban J connectivity index is 2.42. The van der Waals surface area contributed by atoms with E-state index in [0.29, 0.717) is 6.54 Å². The molecular formula is C15H22N2O. The Kier molecular flexibility index (Phi) is 6.81. The van der Waals surface area contributed by atoms with Crippen LogP contribution in [0.1, 0.15) is 31.7 Å². The molecule has 0 saturated heterocycles. The molecule has 0 bridgehead atoms. The lowest BCUT2D eigenvalue weighted by molar-refractivity contribution is -0.117. The quantitative estimate of drug-likeness (QED) is 0.725. The maximum Gasteiger partial charge on any atom is 0.244 e. The molecule has 1 amide bonds. The summed E-state index contributed by atoms with van der Waals surface area (Å²) in [7, 11) is 0. The summed E-state index contributed by atoms with van der Waals surface area (Å²) < 4.78 is 0. The van der Waals surface area contributed by atoms with Gasteiger partial charge < -0.3 is 11.1 Å². The lowest BCUT2D eigenvalue weighted by Gasteiger charge is -2.14. The van der Waals surface area contributed by atoms with Crippen molar-refractivity contribution in [2.75, 3.05) is 6.54 Å². The number of benzene rings is 1. The van der Waals surface area contributed by atoms with Crippen LogP contribution in [-0.2, 0) is 4.79 Å². The molecule has 1 atom stereocenters. The van der Waals surface area contributed by atoms with E-state index in [-0.39, 0.29) is 11.9 Å². The Bertz CT molecular complexity index is 373. The first kappa shape index (κ1) is 14.5. The van der Waals surface area contributed by atoms with Crippen LogP contribution in [0.25, 0.3) is 6.08 Å². The maximum absolute atomic E-state index is 11.7. The average Bonchev–Trinajstić information content (AvgIpc) is 2.42. The van der Waals surface area contributed by atoms with Gasteiger partial charge in [0.2, 0.25) is 5.91 Å². The van der Waals surface area contributed by atoms with Gasteiger partial charge in [0.1, 0.15) is 0 Å². The third kappa shape index (κ3) is 5.64. The van der Waals surface area contributed by atoms with Crippen LogP contribution < -0.4 is 11.1 Å². The number of rotatable bonds is 7. The first-order valence-corrected chi connectivity index (χ1v) is 6.50. The van der Waals surface area contributed by atoms with Crippen LogP contribution in [-0.4, -0.2) is 18.5 Å². The number of carbonyl (C=O) groups excluding carboxylic acids is 1. The molecule has 0 heterocycles. The van der Waals surface area contributed by atoms with Crippen molar-refractivity contribution in [1.82, 2.24) is 5.32 Å². The van der Waals surface area contributed by atoms with Crippen molar-refractivity contribution in [1.29, 1.82) is 0 Å². The van der Waals surface area contributed by atoms with Crippen molar-refractivity contribution in [2.45, 2.75) is 32.2 Å². The summed E-state index contributed by atoms with van der Waals surface area (Å²) >= 11 is 0. The standard InChI is InChI=1S/C15H22N2O/c1-2-3-9-14(12-16)17-15(18)11-10-13-7-5-4-6-8-13/h4-8,10-11,14H,2-3,9,12,16H2,1H3,(H,17,18)/b11-10+. The smallest absolute Gasteiger partial charge is 0.244 e. The van der Waals surface area contributed by atoms with E-state index in [1.807, 2.05) is 36.4 Å². The molecular weight excluding hydrogens is 224 g/mol. The number of nitrogens with two attached hydrogens (primary N) is 1. The van der Waals surface area contributed by atoms with E-state index >= 15 is 0 Å². The van der Waals surface area contributed by atoms with Crippen molar-refractivity contribution in [2.24, 2.45) is 5.73 Å². The molecule has 0 aliphatic rings. The van der Waals surface area contributed by atoms with E-state index < -0.39 is 0 Å². The molecule has 0 spiro atoms. The van der Waals surface area contributed by atoms with Gasteiger partial charge in [-0.15, -0.1) is 0 Å². The number of carbonyl (C=O) groups is 1. The first-order chi connectivity index (χ1) is 8.76. The van der Waals surface area contributed by atoms with Crippen molar-refractivity contribution >= 4 is 12.0 Å². The number of amides is 1. The SMILES string of the molecule is CCCCC(CN)NC(=O)/C=C/c1ccccc1. The van der Waals surface area contributed by atoms with Gasteiger partial charge in [0.05, 0.1) is 0 Å². The van der Waals surface area contributed by atoms with Crippen LogP contribution in [0.15, 0.2) is 36.4 Å². The summed E-state index contributed by atoms with van der Waals surface area (Å²) in [5.74, 6) is -0.0783. The highest BCUT2D eigenvalue weighted by Crippen LogP contribution is 2.02. The van der Waals surface area contributed by atoms with Gasteiger partial charge in [0.15, 0.2) is 0 Å². The van der Waals surface area contributed by atoms with Gasteiger partial charge in [-0.1, -0.05) is 50.1 Å². The number of nitrogens with one attached hydrogen (secondary N) is 1. The van der Waals surface area contributed by atoms with E-state index in [2.05, 4.69) is 12.2 Å². The summed E-state index contributed by atoms with van der Waals surface area (Å²) in [6, 6.07) is 9.84. The molecule has 3 N–H and O–H groups in total. The van der Waals surface area contributed by atoms with Crippen molar-refractivity contribution in [3.63, 3.8) is 0 Å². The van der Waals surface area contributed by atoms with Gasteiger partial charge in [0.25, 0.3) is 0 Å². The molecule has 0 fully saturated rings. The molecule has 0 aliphatic carbocycles. The third-order valence-corrected chi connectivity index (χ3v) is 2.76. The van der Waals surface area contributed by atoms with E-state index in [4.69, 9.17) is 5.73 Å². The van der Waals surface area contributed by atoms with Gasteiger partial charge >= 0.3 is 0 Å². The summed E-state index contributed by atoms with van der Waals surface area (Å²) in [6.07, 6.45) is 6.52. The van der Waals surface area contributed by atoms with Gasteiger partial charge in [-0.05, 0) is 18.1 Å². The maximum atomic E-state index is 11.7. The molecule has 98 valence electrons. The fourth-order valence-corrected chi connectivity index (χ4v) is 1.68. The molecule has 1 rings (SSSR count). The Hall–Kier alpha value is -1.61. The highest BCUT2D eigenvalue weighted by Gasteiger charge is 2.07. The second-order valence-corrected chi connectivity index (χ2v) is 4.33. The van der Waals surface area contributed by atoms with Crippen molar-refractivity contribution in [3.05, 3.63) is 42.0 Å². The molecule has 3 heteroatoms. The van der Waals surface area contributed by atoms with Crippen LogP contribution in [0.5, 0.6) is 0 Å². The molecule has 18 heavy (non-hydrogen) atoms. The Morgan fingerprint density at radius 3 is 2.72 bits per heavy atom. The zero-order valence-electron chi connectivity index (χ0n) is 10.9. The lowest BCUT2D eigenvalue weighted by Crippen LogP contribution is -2.39. The van der Waals surface area contributed by atoms with Crippen LogP contribution in [0.4, 0.5) is 0 Å². The van der Waals surface area contributed by atoms with Crippen LogP contribution >= 0.6 is 0 Å². The second-order valence-electron chi connectivity index (χ2n) is 4.33. The molecule has 3 nitrogen and oxygen atoms in total. The van der Waals surface area contributed by atoms with E-state index in [1.165, 1.54) is 0 Å². The fraction of sp³-hybridized carbons (Fsp3) is 0.400. The molecule has 1 unspecified atom stereocenters. The molecule has 0 aliphatic heterocycles. The van der Waals surface area contributed by atoms with Crippen LogP contribution in [0, 0.1) is 0 Å². The number of unbranched alkanes of at least 4 members (excludes halogenated alkanes) is 1. The minimum atomic E-state index is -0.0783. The van der Waals surface area contributed by atoms with Crippen molar-refractivity contribution in [3.8, 4) is 0 Å². The minimum absolute atomic E-state index is 0.0783. The summed E-state index contributed by atoms with van der Waals surface area (Å²) in [6.45, 7) is 2.62. The largest absolute Gasteiger partial charge is 0.349 e. The highest BCUT2D eigenvalue weighted by atomic mass is 16.1. The predicted octanol–water partition coefficient (Wildman–Crippen LogP) is 2.33. The zero-order chi connectivity index (χ0) is 13.2. The lowest BCUT2D eigenvalue weighted by atomic mass is 10.1. The Labute approximate surface area is 109 Å². The monoisotopic (exact) mass is 246 g/mol. The third-order valence-electron chi connectivity index (χ3n) is 2.76. The Morgan fingerprint density at radius 1 is 1.39 bits per heavy atom. The normalized spacial score (nSPS) is 12.6. The summed E-state index contributed by atoms with van der Waals surface area (Å²) in [4.78, 5) is 11.7. The van der Waals surface area contributed by atoms with Gasteiger partial charge in [-0.25, -0.2) is 0 Å². The topological polar surface area (TPSA) is 55.1 Å². The Morgan fingerprint density at radius 2 is 2.11 bits per heavy atom. The molecule has 1 aromatic rings. The van der Waals surface area contributed by atoms with Gasteiger partial charge in [-0.2, -0.15) is 0 Å².